The Kier molecular flexibility index (Phi) is 8.12. The fraction of sp³-hybridized carbons (Fsp3) is 0.308. The number of amides is 3. The van der Waals surface area contributed by atoms with Crippen molar-refractivity contribution in [2.24, 2.45) is 0 Å². The van der Waals surface area contributed by atoms with E-state index in [-0.39, 0.29) is 45.6 Å². The van der Waals surface area contributed by atoms with Crippen LogP contribution in [0.15, 0.2) is 42.9 Å². The number of nitrogens with one attached hydrogen (secondary N) is 1. The average Bonchev–Trinajstić information content (AvgIpc) is 3.24. The molecule has 5 rings (SSSR count). The van der Waals surface area contributed by atoms with Gasteiger partial charge in [0.25, 0.3) is 17.7 Å². The van der Waals surface area contributed by atoms with Crippen LogP contribution in [0.4, 0.5) is 5.82 Å². The molecule has 0 unspecified atom stereocenters. The van der Waals surface area contributed by atoms with Gasteiger partial charge < -0.3 is 24.6 Å². The highest BCUT2D eigenvalue weighted by molar-refractivity contribution is 14.1. The number of carbonyl (C=O) groups excluding carboxylic acids is 3. The summed E-state index contributed by atoms with van der Waals surface area (Å²) >= 11 is 8.54. The lowest BCUT2D eigenvalue weighted by molar-refractivity contribution is -0.132. The van der Waals surface area contributed by atoms with Crippen LogP contribution in [-0.2, 0) is 4.79 Å². The highest BCUT2D eigenvalue weighted by Crippen LogP contribution is 2.33. The van der Waals surface area contributed by atoms with Gasteiger partial charge in [-0.1, -0.05) is 34.2 Å². The van der Waals surface area contributed by atoms with E-state index in [4.69, 9.17) is 21.1 Å². The molecule has 2 aliphatic rings. The molecule has 0 radical (unpaired) electrons. The summed E-state index contributed by atoms with van der Waals surface area (Å²) in [5.41, 5.74) is 1.27. The van der Waals surface area contributed by atoms with Crippen LogP contribution >= 0.6 is 34.2 Å². The molecule has 3 aromatic rings. The molecule has 0 bridgehead atoms. The lowest BCUT2D eigenvalue weighted by Crippen LogP contribution is -2.42. The largest absolute Gasteiger partial charge is 0.480 e. The normalized spacial score (nSPS) is 16.6. The van der Waals surface area contributed by atoms with Crippen molar-refractivity contribution in [2.75, 3.05) is 29.5 Å². The van der Waals surface area contributed by atoms with E-state index in [1.807, 2.05) is 0 Å². The second-order valence-electron chi connectivity index (χ2n) is 9.07. The van der Waals surface area contributed by atoms with E-state index in [9.17, 15) is 14.4 Å². The van der Waals surface area contributed by atoms with Crippen molar-refractivity contribution in [2.45, 2.75) is 25.9 Å². The SMILES string of the molecule is Cc1cnc(NC(=O)c2cc(Oc3ncc(C(=O)N4CCC4)cc3Cl)cc(O[C@H]3CCN(CI)C3=O)c2)cn1. The van der Waals surface area contributed by atoms with Gasteiger partial charge in [-0.25, -0.2) is 9.97 Å². The van der Waals surface area contributed by atoms with E-state index in [1.54, 1.807) is 22.8 Å². The van der Waals surface area contributed by atoms with Crippen LogP contribution in [-0.4, -0.2) is 72.8 Å². The maximum atomic E-state index is 13.1. The Morgan fingerprint density at radius 1 is 1.05 bits per heavy atom. The summed E-state index contributed by atoms with van der Waals surface area (Å²) in [4.78, 5) is 54.1. The third-order valence-corrected chi connectivity index (χ3v) is 7.34. The van der Waals surface area contributed by atoms with Gasteiger partial charge in [-0.05, 0) is 31.5 Å². The van der Waals surface area contributed by atoms with E-state index >= 15 is 0 Å². The standard InChI is InChI=1S/C26H24ClIN6O5/c1-15-11-30-22(13-29-15)32-23(35)16-7-18(38-21-3-6-34(14-28)26(21)37)10-19(8-16)39-24-20(27)9-17(12-31-24)25(36)33-4-2-5-33/h7-13,21H,2-6,14H2,1H3,(H,30,32,35)/t21-/m0/s1. The van der Waals surface area contributed by atoms with E-state index in [2.05, 4.69) is 42.9 Å². The van der Waals surface area contributed by atoms with Crippen LogP contribution in [0, 0.1) is 6.92 Å². The third kappa shape index (κ3) is 6.22. The van der Waals surface area contributed by atoms with Crippen LogP contribution in [0.1, 0.15) is 39.3 Å². The van der Waals surface area contributed by atoms with Crippen LogP contribution in [0.25, 0.3) is 0 Å². The van der Waals surface area contributed by atoms with E-state index in [0.29, 0.717) is 41.9 Å². The van der Waals surface area contributed by atoms with Gasteiger partial charge in [0.15, 0.2) is 11.9 Å². The van der Waals surface area contributed by atoms with Crippen LogP contribution in [0.3, 0.4) is 0 Å². The van der Waals surface area contributed by atoms with Gasteiger partial charge in [0.2, 0.25) is 5.88 Å². The van der Waals surface area contributed by atoms with Gasteiger partial charge in [0.05, 0.1) is 28.2 Å². The number of alkyl halides is 1. The van der Waals surface area contributed by atoms with Crippen molar-refractivity contribution in [1.82, 2.24) is 24.8 Å². The summed E-state index contributed by atoms with van der Waals surface area (Å²) in [6.45, 7) is 3.79. The predicted octanol–water partition coefficient (Wildman–Crippen LogP) is 4.10. The number of halogens is 2. The highest BCUT2D eigenvalue weighted by atomic mass is 127. The van der Waals surface area contributed by atoms with E-state index in [1.165, 1.54) is 36.8 Å². The fourth-order valence-electron chi connectivity index (χ4n) is 4.01. The maximum absolute atomic E-state index is 13.1. The summed E-state index contributed by atoms with van der Waals surface area (Å²) in [6, 6.07) is 6.08. The minimum atomic E-state index is -0.678. The molecule has 1 N–H and O–H groups in total. The Balaban J connectivity index is 1.40. The molecule has 1 aromatic carbocycles. The van der Waals surface area contributed by atoms with E-state index in [0.717, 1.165) is 6.42 Å². The van der Waals surface area contributed by atoms with Crippen molar-refractivity contribution >= 4 is 57.7 Å². The number of aryl methyl sites for hydroxylation is 1. The Bertz CT molecular complexity index is 1420. The van der Waals surface area contributed by atoms with Gasteiger partial charge in [0.1, 0.15) is 16.5 Å². The molecule has 2 fully saturated rings. The van der Waals surface area contributed by atoms with Crippen LogP contribution in [0.2, 0.25) is 5.02 Å². The molecule has 2 aromatic heterocycles. The first kappa shape index (κ1) is 27.1. The highest BCUT2D eigenvalue weighted by Gasteiger charge is 2.33. The number of rotatable bonds is 8. The first-order valence-corrected chi connectivity index (χ1v) is 14.1. The summed E-state index contributed by atoms with van der Waals surface area (Å²) in [5.74, 6) is 0.0565. The zero-order chi connectivity index (χ0) is 27.5. The van der Waals surface area contributed by atoms with Crippen molar-refractivity contribution in [1.29, 1.82) is 0 Å². The lowest BCUT2D eigenvalue weighted by Gasteiger charge is -2.30. The molecule has 2 saturated heterocycles. The number of pyridine rings is 1. The summed E-state index contributed by atoms with van der Waals surface area (Å²) in [5, 5.41) is 2.83. The molecular weight excluding hydrogens is 639 g/mol. The smallest absolute Gasteiger partial charge is 0.264 e. The molecule has 1 atom stereocenters. The number of nitrogens with zero attached hydrogens (tertiary/aromatic N) is 5. The summed E-state index contributed by atoms with van der Waals surface area (Å²) in [6.07, 6.45) is 5.21. The minimum Gasteiger partial charge on any atom is -0.480 e. The van der Waals surface area contributed by atoms with Gasteiger partial charge in [-0.3, -0.25) is 19.4 Å². The minimum absolute atomic E-state index is 0.0535. The van der Waals surface area contributed by atoms with Crippen LogP contribution in [0.5, 0.6) is 17.4 Å². The molecule has 39 heavy (non-hydrogen) atoms. The molecular formula is C26H24ClIN6O5. The average molecular weight is 663 g/mol. The van der Waals surface area contributed by atoms with Gasteiger partial charge in [0, 0.05) is 43.9 Å². The first-order chi connectivity index (χ1) is 18.8. The molecule has 13 heteroatoms. The number of hydrogen-bond donors (Lipinski definition) is 1. The van der Waals surface area contributed by atoms with Crippen molar-refractivity contribution in [3.05, 3.63) is 64.7 Å². The van der Waals surface area contributed by atoms with Gasteiger partial charge in [-0.2, -0.15) is 0 Å². The predicted molar refractivity (Wildman–Crippen MR) is 151 cm³/mol. The number of ether oxygens (including phenoxy) is 2. The van der Waals surface area contributed by atoms with Crippen molar-refractivity contribution in [3.8, 4) is 17.4 Å². The molecule has 3 amide bonds. The van der Waals surface area contributed by atoms with Gasteiger partial charge >= 0.3 is 0 Å². The molecule has 202 valence electrons. The number of likely N-dealkylation sites (tertiary alicyclic amines) is 2. The number of anilines is 1. The fourth-order valence-corrected chi connectivity index (χ4v) is 4.89. The maximum Gasteiger partial charge on any atom is 0.264 e. The number of hydrogen-bond acceptors (Lipinski definition) is 8. The van der Waals surface area contributed by atoms with Crippen molar-refractivity contribution in [3.63, 3.8) is 0 Å². The topological polar surface area (TPSA) is 127 Å². The second-order valence-corrected chi connectivity index (χ2v) is 10.2. The Morgan fingerprint density at radius 2 is 1.85 bits per heavy atom. The van der Waals surface area contributed by atoms with E-state index < -0.39 is 12.0 Å². The monoisotopic (exact) mass is 662 g/mol. The first-order valence-electron chi connectivity index (χ1n) is 12.2. The number of aromatic nitrogens is 3. The molecule has 2 aliphatic heterocycles. The zero-order valence-electron chi connectivity index (χ0n) is 20.9. The van der Waals surface area contributed by atoms with Crippen LogP contribution < -0.4 is 14.8 Å². The Morgan fingerprint density at radius 3 is 2.49 bits per heavy atom. The second kappa shape index (κ2) is 11.7. The third-order valence-electron chi connectivity index (χ3n) is 6.25. The summed E-state index contributed by atoms with van der Waals surface area (Å²) < 4.78 is 12.5. The summed E-state index contributed by atoms with van der Waals surface area (Å²) in [7, 11) is 0. The van der Waals surface area contributed by atoms with Gasteiger partial charge in [-0.15, -0.1) is 0 Å². The Hall–Kier alpha value is -3.52. The quantitative estimate of drug-likeness (QED) is 0.217. The molecule has 0 spiro atoms. The number of carbonyl (C=O) groups is 3. The number of benzene rings is 1. The molecule has 11 nitrogen and oxygen atoms in total. The Labute approximate surface area is 243 Å². The lowest BCUT2D eigenvalue weighted by atomic mass is 10.1. The van der Waals surface area contributed by atoms with Crippen molar-refractivity contribution < 1.29 is 23.9 Å². The molecule has 0 saturated carbocycles. The zero-order valence-corrected chi connectivity index (χ0v) is 23.8. The molecule has 0 aliphatic carbocycles. The molecule has 4 heterocycles.